The van der Waals surface area contributed by atoms with Crippen molar-refractivity contribution in [2.75, 3.05) is 26.4 Å². The Morgan fingerprint density at radius 1 is 0.515 bits per heavy atom. The van der Waals surface area contributed by atoms with E-state index in [1.165, 1.54) is 60.7 Å². The first-order valence-corrected chi connectivity index (χ1v) is 32.3. The van der Waals surface area contributed by atoms with Crippen molar-refractivity contribution >= 4 is 34.0 Å². The van der Waals surface area contributed by atoms with Crippen LogP contribution in [0.25, 0.3) is 44.6 Å². The van der Waals surface area contributed by atoms with Crippen LogP contribution in [0.4, 0.5) is 26.3 Å². The number of esters is 2. The fraction of sp³-hybridized carbons (Fsp3) is 0.282. The van der Waals surface area contributed by atoms with E-state index in [0.29, 0.717) is 58.1 Å². The minimum atomic E-state index is -1.03. The molecule has 496 valence electrons. The highest BCUT2D eigenvalue weighted by Crippen LogP contribution is 2.44. The third-order valence-electron chi connectivity index (χ3n) is 18.4. The fourth-order valence-electron chi connectivity index (χ4n) is 12.5. The predicted octanol–water partition coefficient (Wildman–Crippen LogP) is 15.1. The number of rotatable bonds is 16. The van der Waals surface area contributed by atoms with Crippen LogP contribution in [0.3, 0.4) is 0 Å². The van der Waals surface area contributed by atoms with Crippen LogP contribution < -0.4 is 9.47 Å². The first-order valence-electron chi connectivity index (χ1n) is 32.3. The molecule has 2 atom stereocenters. The maximum absolute atomic E-state index is 16.7. The Labute approximate surface area is 565 Å². The molecule has 6 aromatic carbocycles. The van der Waals surface area contributed by atoms with Gasteiger partial charge in [0, 0.05) is 69.9 Å². The summed E-state index contributed by atoms with van der Waals surface area (Å²) < 4.78 is 129. The molecule has 2 aliphatic carbocycles. The Hall–Kier alpha value is -11.1. The molecule has 2 saturated carbocycles. The Balaban J connectivity index is 0.781. The summed E-state index contributed by atoms with van der Waals surface area (Å²) in [5.74, 6) is 7.40. The van der Waals surface area contributed by atoms with E-state index in [1.807, 2.05) is 49.0 Å². The van der Waals surface area contributed by atoms with Crippen LogP contribution in [0.15, 0.2) is 121 Å². The highest BCUT2D eigenvalue weighted by Gasteiger charge is 2.42. The largest absolute Gasteiger partial charge is 0.473 e. The number of aromatic nitrogens is 6. The SMILES string of the molecule is CC1(C)COCC1n1c(Cc2cc(F)c(-c3cccc(OCc4ccc(C#N)cc4F)n3)cc2F)nc2c(C#CC3CC3)cc(C(=O)OC(=O)c3cc(C#CC4CC4)c4nc(Cc5cc(F)c(-c6cccc(OCc7ccc(C#N)cc7F)n6)cc5F)n(C5COCC5(C)C)c4c3)cc21. The maximum Gasteiger partial charge on any atom is 0.346 e. The highest BCUT2D eigenvalue weighted by molar-refractivity contribution is 6.06. The third-order valence-corrected chi connectivity index (χ3v) is 18.4. The van der Waals surface area contributed by atoms with Gasteiger partial charge in [0.2, 0.25) is 11.8 Å². The molecule has 14 rings (SSSR count). The monoisotopic (exact) mass is 1330 g/mol. The lowest BCUT2D eigenvalue weighted by atomic mass is 9.87. The van der Waals surface area contributed by atoms with Crippen molar-refractivity contribution in [2.24, 2.45) is 22.7 Å². The Morgan fingerprint density at radius 3 is 1.30 bits per heavy atom. The lowest BCUT2D eigenvalue weighted by Crippen LogP contribution is -2.27. The summed E-state index contributed by atoms with van der Waals surface area (Å²) in [4.78, 5) is 48.6. The number of imidazole rings is 2. The molecule has 15 nitrogen and oxygen atoms in total. The van der Waals surface area contributed by atoms with Crippen molar-refractivity contribution < 1.29 is 59.6 Å². The number of pyridine rings is 2. The molecule has 4 aliphatic rings. The number of halogens is 6. The molecule has 0 radical (unpaired) electrons. The van der Waals surface area contributed by atoms with Crippen molar-refractivity contribution in [3.05, 3.63) is 224 Å². The molecule has 4 fully saturated rings. The van der Waals surface area contributed by atoms with Gasteiger partial charge in [-0.2, -0.15) is 10.5 Å². The highest BCUT2D eigenvalue weighted by atomic mass is 19.1. The van der Waals surface area contributed by atoms with Crippen LogP contribution >= 0.6 is 0 Å². The molecule has 99 heavy (non-hydrogen) atoms. The minimum Gasteiger partial charge on any atom is -0.473 e. The molecule has 10 aromatic rings. The van der Waals surface area contributed by atoms with Crippen molar-refractivity contribution in [1.82, 2.24) is 29.1 Å². The average molecular weight is 1340 g/mol. The standard InChI is InChI=1S/C78H60F6N8O7/c1-77(2)41-95-39-67(77)91-65-29-53(25-47(19-15-43-11-12-43)73(65)89-69(91)31-51-27-61(83)55(33-59(51)81)63-7-5-9-71(87-63)97-37-49-21-17-45(35-85)23-57(49)79)75(93)99-76(94)54-26-48(20-16-44-13-14-44)74-66(30-54)92(68-40-96-42-78(68,3)4)70(90-74)32-52-28-62(84)56(34-60(52)82)64-8-6-10-72(88-64)98-38-50-22-18-46(36-86)24-58(50)80/h5-10,17-18,21-30,33-34,43-44,67-68H,11-14,31-32,37-42H2,1-4H3. The van der Waals surface area contributed by atoms with E-state index in [9.17, 15) is 18.4 Å². The molecule has 0 spiro atoms. The van der Waals surface area contributed by atoms with Crippen LogP contribution in [-0.4, -0.2) is 67.4 Å². The smallest absolute Gasteiger partial charge is 0.346 e. The molecule has 0 N–H and O–H groups in total. The lowest BCUT2D eigenvalue weighted by Gasteiger charge is -2.28. The summed E-state index contributed by atoms with van der Waals surface area (Å²) in [6.45, 7) is 8.60. The summed E-state index contributed by atoms with van der Waals surface area (Å²) in [7, 11) is 0. The van der Waals surface area contributed by atoms with Gasteiger partial charge in [-0.05, 0) is 122 Å². The predicted molar refractivity (Wildman–Crippen MR) is 351 cm³/mol. The normalized spacial score (nSPS) is 16.7. The number of nitriles is 2. The van der Waals surface area contributed by atoms with E-state index in [1.54, 1.807) is 24.3 Å². The third kappa shape index (κ3) is 13.6. The zero-order valence-corrected chi connectivity index (χ0v) is 54.0. The van der Waals surface area contributed by atoms with Crippen LogP contribution in [0.1, 0.15) is 142 Å². The minimum absolute atomic E-state index is 0.0220. The van der Waals surface area contributed by atoms with Gasteiger partial charge in [0.15, 0.2) is 0 Å². The number of fused-ring (bicyclic) bond motifs is 2. The second-order valence-electron chi connectivity index (χ2n) is 26.7. The fourth-order valence-corrected chi connectivity index (χ4v) is 12.5. The quantitative estimate of drug-likeness (QED) is 0.0385. The van der Waals surface area contributed by atoms with E-state index >= 15 is 17.6 Å². The van der Waals surface area contributed by atoms with Gasteiger partial charge in [-0.1, -0.05) is 75.6 Å². The van der Waals surface area contributed by atoms with E-state index in [4.69, 9.17) is 44.2 Å². The molecule has 2 aliphatic heterocycles. The van der Waals surface area contributed by atoms with Crippen molar-refractivity contribution in [1.29, 1.82) is 10.5 Å². The second-order valence-corrected chi connectivity index (χ2v) is 26.7. The summed E-state index contributed by atoms with van der Waals surface area (Å²) in [5.41, 5.74) is 1.33. The topological polar surface area (TPSA) is 189 Å². The van der Waals surface area contributed by atoms with Gasteiger partial charge in [-0.3, -0.25) is 0 Å². The van der Waals surface area contributed by atoms with Crippen molar-refractivity contribution in [3.63, 3.8) is 0 Å². The van der Waals surface area contributed by atoms with E-state index in [2.05, 4.69) is 33.6 Å². The molecule has 0 bridgehead atoms. The van der Waals surface area contributed by atoms with E-state index in [0.717, 1.165) is 62.1 Å². The zero-order valence-electron chi connectivity index (χ0n) is 54.0. The van der Waals surface area contributed by atoms with Gasteiger partial charge < -0.3 is 32.8 Å². The number of nitrogens with zero attached hydrogens (tertiary/aromatic N) is 8. The Bertz CT molecular complexity index is 4890. The summed E-state index contributed by atoms with van der Waals surface area (Å²) in [6, 6.07) is 30.2. The summed E-state index contributed by atoms with van der Waals surface area (Å²) in [5, 5.41) is 18.3. The van der Waals surface area contributed by atoms with Crippen LogP contribution in [0.5, 0.6) is 11.8 Å². The van der Waals surface area contributed by atoms with Gasteiger partial charge in [0.05, 0.1) is 106 Å². The second kappa shape index (κ2) is 26.4. The Kier molecular flexibility index (Phi) is 17.4. The molecule has 2 saturated heterocycles. The zero-order chi connectivity index (χ0) is 69.0. The van der Waals surface area contributed by atoms with Crippen LogP contribution in [-0.2, 0) is 40.3 Å². The maximum atomic E-state index is 16.7. The summed E-state index contributed by atoms with van der Waals surface area (Å²) in [6.07, 6.45) is 3.05. The van der Waals surface area contributed by atoms with Gasteiger partial charge in [0.1, 0.15) is 70.8 Å². The lowest BCUT2D eigenvalue weighted by molar-refractivity contribution is 0.0397. The summed E-state index contributed by atoms with van der Waals surface area (Å²) >= 11 is 0. The van der Waals surface area contributed by atoms with Crippen LogP contribution in [0.2, 0.25) is 0 Å². The molecule has 4 aromatic heterocycles. The van der Waals surface area contributed by atoms with E-state index in [-0.39, 0.29) is 130 Å². The number of ether oxygens (including phenoxy) is 5. The van der Waals surface area contributed by atoms with Crippen molar-refractivity contribution in [2.45, 2.75) is 91.5 Å². The number of benzene rings is 6. The van der Waals surface area contributed by atoms with Crippen LogP contribution in [0, 0.1) is 104 Å². The van der Waals surface area contributed by atoms with Gasteiger partial charge in [-0.15, -0.1) is 0 Å². The van der Waals surface area contributed by atoms with Gasteiger partial charge in [-0.25, -0.2) is 55.9 Å². The number of hydrogen-bond acceptors (Lipinski definition) is 13. The molecular formula is C78H60F6N8O7. The van der Waals surface area contributed by atoms with E-state index < -0.39 is 69.8 Å². The first kappa shape index (κ1) is 65.2. The molecule has 0 amide bonds. The first-order chi connectivity index (χ1) is 47.7. The molecule has 2 unspecified atom stereocenters. The van der Waals surface area contributed by atoms with Gasteiger partial charge in [0.25, 0.3) is 0 Å². The van der Waals surface area contributed by atoms with Gasteiger partial charge >= 0.3 is 11.9 Å². The van der Waals surface area contributed by atoms with Crippen molar-refractivity contribution in [3.8, 4) is 70.1 Å². The number of hydrogen-bond donors (Lipinski definition) is 0. The average Bonchev–Trinajstić information content (AvgIpc) is 1.60. The Morgan fingerprint density at radius 2 is 0.929 bits per heavy atom. The number of carbonyl (C=O) groups is 2. The number of carbonyl (C=O) groups excluding carboxylic acids is 2. The molecule has 6 heterocycles. The molecule has 21 heteroatoms. The molecular weight excluding hydrogens is 1270 g/mol.